The van der Waals surface area contributed by atoms with E-state index in [1.807, 2.05) is 13.8 Å². The van der Waals surface area contributed by atoms with E-state index in [9.17, 15) is 9.59 Å². The summed E-state index contributed by atoms with van der Waals surface area (Å²) in [7, 11) is 0. The maximum atomic E-state index is 11.9. The maximum absolute atomic E-state index is 11.9. The molecule has 3 N–H and O–H groups in total. The van der Waals surface area contributed by atoms with Crippen molar-refractivity contribution in [2.45, 2.75) is 20.3 Å². The number of H-pyrrole nitrogens is 1. The van der Waals surface area contributed by atoms with E-state index in [-0.39, 0.29) is 23.8 Å². The van der Waals surface area contributed by atoms with E-state index in [2.05, 4.69) is 20.5 Å². The molecule has 20 heavy (non-hydrogen) atoms. The highest BCUT2D eigenvalue weighted by atomic mass is 16.4. The van der Waals surface area contributed by atoms with Crippen LogP contribution in [0, 0.1) is 13.8 Å². The van der Waals surface area contributed by atoms with Gasteiger partial charge in [0, 0.05) is 11.3 Å². The van der Waals surface area contributed by atoms with Gasteiger partial charge >= 0.3 is 5.97 Å². The molecule has 0 saturated heterocycles. The summed E-state index contributed by atoms with van der Waals surface area (Å²) < 4.78 is 0. The third-order valence-electron chi connectivity index (χ3n) is 2.85. The average Bonchev–Trinajstić information content (AvgIpc) is 2.71. The third-order valence-corrected chi connectivity index (χ3v) is 2.85. The first-order valence-corrected chi connectivity index (χ1v) is 5.98. The number of aromatic carboxylic acids is 1. The second-order valence-corrected chi connectivity index (χ2v) is 4.35. The van der Waals surface area contributed by atoms with E-state index in [0.717, 1.165) is 17.0 Å². The Balaban J connectivity index is 2.09. The standard InChI is InChI=1S/C13H14N4O3/c1-7-9(8(2)17-16-7)6-12(18)15-11-5-3-4-10(14-11)13(19)20/h3-5H,6H2,1-2H3,(H,16,17)(H,19,20)(H,14,15,18). The molecule has 7 heteroatoms. The number of carbonyl (C=O) groups excluding carboxylic acids is 1. The number of carboxylic acids is 1. The SMILES string of the molecule is Cc1n[nH]c(C)c1CC(=O)Nc1cccc(C(=O)O)n1. The van der Waals surface area contributed by atoms with Gasteiger partial charge in [0.05, 0.1) is 12.1 Å². The first-order chi connectivity index (χ1) is 9.47. The number of pyridine rings is 1. The van der Waals surface area contributed by atoms with E-state index >= 15 is 0 Å². The van der Waals surface area contributed by atoms with Crippen molar-refractivity contribution in [1.29, 1.82) is 0 Å². The number of hydrogen-bond acceptors (Lipinski definition) is 4. The van der Waals surface area contributed by atoms with Gasteiger partial charge in [0.2, 0.25) is 5.91 Å². The van der Waals surface area contributed by atoms with Crippen LogP contribution in [0.2, 0.25) is 0 Å². The van der Waals surface area contributed by atoms with Crippen LogP contribution < -0.4 is 5.32 Å². The van der Waals surface area contributed by atoms with Crippen molar-refractivity contribution in [2.75, 3.05) is 5.32 Å². The predicted molar refractivity (Wildman–Crippen MR) is 71.6 cm³/mol. The lowest BCUT2D eigenvalue weighted by Crippen LogP contribution is -2.17. The molecule has 2 aromatic heterocycles. The van der Waals surface area contributed by atoms with Gasteiger partial charge in [-0.2, -0.15) is 5.10 Å². The number of carbonyl (C=O) groups is 2. The number of nitrogens with one attached hydrogen (secondary N) is 2. The van der Waals surface area contributed by atoms with Gasteiger partial charge in [-0.1, -0.05) is 6.07 Å². The monoisotopic (exact) mass is 274 g/mol. The van der Waals surface area contributed by atoms with Crippen LogP contribution in [-0.4, -0.2) is 32.2 Å². The molecule has 2 aromatic rings. The predicted octanol–water partition coefficient (Wildman–Crippen LogP) is 1.30. The fraction of sp³-hybridized carbons (Fsp3) is 0.231. The van der Waals surface area contributed by atoms with Gasteiger partial charge in [0.15, 0.2) is 5.69 Å². The van der Waals surface area contributed by atoms with Crippen molar-refractivity contribution in [3.63, 3.8) is 0 Å². The first kappa shape index (κ1) is 13.7. The van der Waals surface area contributed by atoms with E-state index in [1.54, 1.807) is 6.07 Å². The van der Waals surface area contributed by atoms with Crippen LogP contribution >= 0.6 is 0 Å². The minimum atomic E-state index is -1.14. The Morgan fingerprint density at radius 2 is 2.10 bits per heavy atom. The van der Waals surface area contributed by atoms with Crippen molar-refractivity contribution in [2.24, 2.45) is 0 Å². The number of hydrogen-bond donors (Lipinski definition) is 3. The van der Waals surface area contributed by atoms with Crippen LogP contribution in [0.1, 0.15) is 27.4 Å². The zero-order valence-electron chi connectivity index (χ0n) is 11.1. The fourth-order valence-corrected chi connectivity index (χ4v) is 1.81. The summed E-state index contributed by atoms with van der Waals surface area (Å²) in [5.41, 5.74) is 2.32. The molecular formula is C13H14N4O3. The molecule has 0 aliphatic rings. The zero-order chi connectivity index (χ0) is 14.7. The van der Waals surface area contributed by atoms with Crippen LogP contribution in [0.3, 0.4) is 0 Å². The topological polar surface area (TPSA) is 108 Å². The quantitative estimate of drug-likeness (QED) is 0.778. The molecule has 0 saturated carbocycles. The van der Waals surface area contributed by atoms with Gasteiger partial charge in [0.1, 0.15) is 5.82 Å². The molecule has 0 unspecified atom stereocenters. The van der Waals surface area contributed by atoms with Crippen molar-refractivity contribution < 1.29 is 14.7 Å². The number of aromatic amines is 1. The second-order valence-electron chi connectivity index (χ2n) is 4.35. The number of carboxylic acid groups (broad SMARTS) is 1. The second kappa shape index (κ2) is 5.52. The van der Waals surface area contributed by atoms with E-state index < -0.39 is 5.97 Å². The van der Waals surface area contributed by atoms with E-state index in [4.69, 9.17) is 5.11 Å². The fourth-order valence-electron chi connectivity index (χ4n) is 1.81. The Bertz CT molecular complexity index is 644. The van der Waals surface area contributed by atoms with Gasteiger partial charge in [-0.25, -0.2) is 9.78 Å². The molecule has 0 aliphatic carbocycles. The van der Waals surface area contributed by atoms with Crippen LogP contribution in [0.25, 0.3) is 0 Å². The molecule has 0 bridgehead atoms. The normalized spacial score (nSPS) is 10.3. The van der Waals surface area contributed by atoms with Gasteiger partial charge in [-0.15, -0.1) is 0 Å². The Labute approximate surface area is 115 Å². The van der Waals surface area contributed by atoms with Crippen LogP contribution in [0.15, 0.2) is 18.2 Å². The number of nitrogens with zero attached hydrogens (tertiary/aromatic N) is 2. The van der Waals surface area contributed by atoms with Gasteiger partial charge in [-0.3, -0.25) is 9.89 Å². The molecule has 2 heterocycles. The van der Waals surface area contributed by atoms with Crippen LogP contribution in [0.5, 0.6) is 0 Å². The molecule has 0 spiro atoms. The molecule has 0 atom stereocenters. The Morgan fingerprint density at radius 3 is 2.70 bits per heavy atom. The Morgan fingerprint density at radius 1 is 1.35 bits per heavy atom. The number of amides is 1. The number of rotatable bonds is 4. The molecule has 104 valence electrons. The number of anilines is 1. The van der Waals surface area contributed by atoms with Crippen molar-refractivity contribution in [3.05, 3.63) is 40.8 Å². The summed E-state index contributed by atoms with van der Waals surface area (Å²) in [6, 6.07) is 4.43. The molecule has 0 radical (unpaired) electrons. The Hall–Kier alpha value is -2.70. The van der Waals surface area contributed by atoms with Crippen LogP contribution in [-0.2, 0) is 11.2 Å². The van der Waals surface area contributed by atoms with Gasteiger partial charge in [-0.05, 0) is 26.0 Å². The molecule has 1 amide bonds. The lowest BCUT2D eigenvalue weighted by molar-refractivity contribution is -0.115. The molecular weight excluding hydrogens is 260 g/mol. The minimum absolute atomic E-state index is 0.113. The molecule has 0 aliphatic heterocycles. The van der Waals surface area contributed by atoms with Crippen LogP contribution in [0.4, 0.5) is 5.82 Å². The van der Waals surface area contributed by atoms with Gasteiger partial charge in [0.25, 0.3) is 0 Å². The summed E-state index contributed by atoms with van der Waals surface area (Å²) in [6.45, 7) is 3.65. The first-order valence-electron chi connectivity index (χ1n) is 5.98. The number of aromatic nitrogens is 3. The smallest absolute Gasteiger partial charge is 0.354 e. The summed E-state index contributed by atoms with van der Waals surface area (Å²) >= 11 is 0. The summed E-state index contributed by atoms with van der Waals surface area (Å²) in [4.78, 5) is 26.6. The maximum Gasteiger partial charge on any atom is 0.354 e. The highest BCUT2D eigenvalue weighted by Crippen LogP contribution is 2.11. The molecule has 0 aromatic carbocycles. The van der Waals surface area contributed by atoms with E-state index in [0.29, 0.717) is 0 Å². The molecule has 7 nitrogen and oxygen atoms in total. The zero-order valence-corrected chi connectivity index (χ0v) is 11.1. The number of aryl methyl sites for hydroxylation is 2. The van der Waals surface area contributed by atoms with E-state index in [1.165, 1.54) is 12.1 Å². The third kappa shape index (κ3) is 3.00. The van der Waals surface area contributed by atoms with Gasteiger partial charge < -0.3 is 10.4 Å². The highest BCUT2D eigenvalue weighted by molar-refractivity contribution is 5.92. The summed E-state index contributed by atoms with van der Waals surface area (Å²) in [6.07, 6.45) is 0.160. The molecule has 2 rings (SSSR count). The average molecular weight is 274 g/mol. The summed E-state index contributed by atoms with van der Waals surface area (Å²) in [5.74, 6) is -1.19. The summed E-state index contributed by atoms with van der Waals surface area (Å²) in [5, 5.41) is 18.2. The van der Waals surface area contributed by atoms with Crippen molar-refractivity contribution >= 4 is 17.7 Å². The van der Waals surface area contributed by atoms with Crippen molar-refractivity contribution in [3.8, 4) is 0 Å². The lowest BCUT2D eigenvalue weighted by atomic mass is 10.1. The minimum Gasteiger partial charge on any atom is -0.477 e. The molecule has 0 fully saturated rings. The Kier molecular flexibility index (Phi) is 3.79. The lowest BCUT2D eigenvalue weighted by Gasteiger charge is -2.05. The largest absolute Gasteiger partial charge is 0.477 e. The van der Waals surface area contributed by atoms with Crippen molar-refractivity contribution in [1.82, 2.24) is 15.2 Å². The highest BCUT2D eigenvalue weighted by Gasteiger charge is 2.12.